The Morgan fingerprint density at radius 2 is 2.17 bits per heavy atom. The van der Waals surface area contributed by atoms with Crippen LogP contribution in [0, 0.1) is 0 Å². The van der Waals surface area contributed by atoms with Crippen LogP contribution >= 0.6 is 11.3 Å². The van der Waals surface area contributed by atoms with Crippen LogP contribution in [0.3, 0.4) is 0 Å². The van der Waals surface area contributed by atoms with E-state index in [2.05, 4.69) is 11.9 Å². The standard InChI is InChI=1S/C13H17N3OS/c1-2-3-4-5-8-6-7-9-10(14)11(12(15)17)18-13(9)16-8/h6-7H,2-5,14H2,1H3,(H2,15,17). The van der Waals surface area contributed by atoms with E-state index in [0.717, 1.165) is 28.8 Å². The van der Waals surface area contributed by atoms with Crippen molar-refractivity contribution in [2.75, 3.05) is 5.73 Å². The molecule has 0 aliphatic heterocycles. The molecule has 96 valence electrons. The lowest BCUT2D eigenvalue weighted by molar-refractivity contribution is 0.100. The number of aryl methyl sites for hydroxylation is 1. The molecule has 0 fully saturated rings. The third kappa shape index (κ3) is 2.46. The van der Waals surface area contributed by atoms with Crippen LogP contribution in [0.1, 0.15) is 41.6 Å². The molecule has 18 heavy (non-hydrogen) atoms. The summed E-state index contributed by atoms with van der Waals surface area (Å²) < 4.78 is 0. The Morgan fingerprint density at radius 1 is 1.39 bits per heavy atom. The van der Waals surface area contributed by atoms with E-state index in [1.807, 2.05) is 12.1 Å². The van der Waals surface area contributed by atoms with Crippen LogP contribution < -0.4 is 11.5 Å². The largest absolute Gasteiger partial charge is 0.397 e. The predicted molar refractivity (Wildman–Crippen MR) is 75.8 cm³/mol. The first-order valence-corrected chi connectivity index (χ1v) is 6.92. The quantitative estimate of drug-likeness (QED) is 0.814. The van der Waals surface area contributed by atoms with Crippen molar-refractivity contribution in [2.24, 2.45) is 5.73 Å². The Bertz CT molecular complexity index is 577. The molecule has 0 aromatic carbocycles. The molecule has 5 heteroatoms. The Morgan fingerprint density at radius 3 is 2.83 bits per heavy atom. The van der Waals surface area contributed by atoms with Crippen molar-refractivity contribution >= 4 is 33.1 Å². The van der Waals surface area contributed by atoms with Crippen molar-refractivity contribution in [3.8, 4) is 0 Å². The lowest BCUT2D eigenvalue weighted by Gasteiger charge is -2.00. The van der Waals surface area contributed by atoms with Crippen molar-refractivity contribution in [3.63, 3.8) is 0 Å². The lowest BCUT2D eigenvalue weighted by atomic mass is 10.1. The van der Waals surface area contributed by atoms with Crippen LogP contribution in [-0.4, -0.2) is 10.9 Å². The van der Waals surface area contributed by atoms with Crippen molar-refractivity contribution in [1.82, 2.24) is 4.98 Å². The number of hydrogen-bond acceptors (Lipinski definition) is 4. The predicted octanol–water partition coefficient (Wildman–Crippen LogP) is 2.71. The highest BCUT2D eigenvalue weighted by atomic mass is 32.1. The van der Waals surface area contributed by atoms with Gasteiger partial charge in [0, 0.05) is 11.1 Å². The first-order chi connectivity index (χ1) is 8.63. The molecule has 0 saturated carbocycles. The number of aromatic nitrogens is 1. The average molecular weight is 263 g/mol. The van der Waals surface area contributed by atoms with Crippen molar-refractivity contribution in [2.45, 2.75) is 32.6 Å². The van der Waals surface area contributed by atoms with Gasteiger partial charge < -0.3 is 11.5 Å². The van der Waals surface area contributed by atoms with Crippen LogP contribution in [0.4, 0.5) is 5.69 Å². The third-order valence-corrected chi connectivity index (χ3v) is 4.04. The van der Waals surface area contributed by atoms with E-state index in [9.17, 15) is 4.79 Å². The fourth-order valence-electron chi connectivity index (χ4n) is 1.91. The maximum Gasteiger partial charge on any atom is 0.260 e. The zero-order valence-electron chi connectivity index (χ0n) is 10.4. The number of primary amides is 1. The summed E-state index contributed by atoms with van der Waals surface area (Å²) in [6.45, 7) is 2.18. The van der Waals surface area contributed by atoms with E-state index in [1.54, 1.807) is 0 Å². The van der Waals surface area contributed by atoms with Gasteiger partial charge in [0.2, 0.25) is 0 Å². The van der Waals surface area contributed by atoms with Crippen molar-refractivity contribution in [3.05, 3.63) is 22.7 Å². The van der Waals surface area contributed by atoms with E-state index >= 15 is 0 Å². The highest BCUT2D eigenvalue weighted by molar-refractivity contribution is 7.21. The number of nitrogen functional groups attached to an aromatic ring is 1. The third-order valence-electron chi connectivity index (χ3n) is 2.91. The zero-order valence-corrected chi connectivity index (χ0v) is 11.2. The molecule has 0 aliphatic carbocycles. The number of pyridine rings is 1. The Labute approximate surface area is 110 Å². The number of hydrogen-bond donors (Lipinski definition) is 2. The fourth-order valence-corrected chi connectivity index (χ4v) is 2.88. The molecule has 2 rings (SSSR count). The number of thiophene rings is 1. The number of amides is 1. The van der Waals surface area contributed by atoms with Gasteiger partial charge in [-0.3, -0.25) is 4.79 Å². The minimum absolute atomic E-state index is 0.406. The molecular formula is C13H17N3OS. The normalized spacial score (nSPS) is 10.9. The van der Waals surface area contributed by atoms with Gasteiger partial charge in [-0.1, -0.05) is 19.8 Å². The summed E-state index contributed by atoms with van der Waals surface area (Å²) >= 11 is 1.27. The maximum atomic E-state index is 11.2. The number of rotatable bonds is 5. The molecule has 0 bridgehead atoms. The highest BCUT2D eigenvalue weighted by Crippen LogP contribution is 2.32. The van der Waals surface area contributed by atoms with Gasteiger partial charge >= 0.3 is 0 Å². The van der Waals surface area contributed by atoms with Crippen LogP contribution in [0.15, 0.2) is 12.1 Å². The molecule has 2 aromatic rings. The first-order valence-electron chi connectivity index (χ1n) is 6.11. The number of carbonyl (C=O) groups excluding carboxylic acids is 1. The van der Waals surface area contributed by atoms with Gasteiger partial charge in [0.05, 0.1) is 5.69 Å². The topological polar surface area (TPSA) is 82.0 Å². The maximum absolute atomic E-state index is 11.2. The van der Waals surface area contributed by atoms with Gasteiger partial charge in [-0.2, -0.15) is 0 Å². The Kier molecular flexibility index (Phi) is 3.81. The molecule has 4 nitrogen and oxygen atoms in total. The minimum Gasteiger partial charge on any atom is -0.397 e. The average Bonchev–Trinajstić information content (AvgIpc) is 2.67. The summed E-state index contributed by atoms with van der Waals surface area (Å²) in [4.78, 5) is 17.0. The van der Waals surface area contributed by atoms with E-state index in [1.165, 1.54) is 24.2 Å². The smallest absolute Gasteiger partial charge is 0.260 e. The molecule has 2 heterocycles. The van der Waals surface area contributed by atoms with Crippen LogP contribution in [0.25, 0.3) is 10.2 Å². The van der Waals surface area contributed by atoms with E-state index in [4.69, 9.17) is 11.5 Å². The van der Waals surface area contributed by atoms with Gasteiger partial charge in [0.25, 0.3) is 5.91 Å². The molecule has 0 unspecified atom stereocenters. The van der Waals surface area contributed by atoms with Crippen molar-refractivity contribution < 1.29 is 4.79 Å². The summed E-state index contributed by atoms with van der Waals surface area (Å²) in [5.41, 5.74) is 12.7. The molecule has 0 spiro atoms. The summed E-state index contributed by atoms with van der Waals surface area (Å²) in [6, 6.07) is 3.91. The molecule has 1 amide bonds. The molecule has 0 atom stereocenters. The van der Waals surface area contributed by atoms with E-state index in [0.29, 0.717) is 10.6 Å². The molecule has 2 aromatic heterocycles. The minimum atomic E-state index is -0.483. The zero-order chi connectivity index (χ0) is 13.1. The molecular weight excluding hydrogens is 246 g/mol. The fraction of sp³-hybridized carbons (Fsp3) is 0.385. The number of anilines is 1. The van der Waals surface area contributed by atoms with Crippen LogP contribution in [-0.2, 0) is 6.42 Å². The van der Waals surface area contributed by atoms with E-state index in [-0.39, 0.29) is 0 Å². The molecule has 0 radical (unpaired) electrons. The first kappa shape index (κ1) is 12.8. The SMILES string of the molecule is CCCCCc1ccc2c(N)c(C(N)=O)sc2n1. The molecule has 0 saturated heterocycles. The number of nitrogens with zero attached hydrogens (tertiary/aromatic N) is 1. The van der Waals surface area contributed by atoms with E-state index < -0.39 is 5.91 Å². The van der Waals surface area contributed by atoms with Gasteiger partial charge in [0.15, 0.2) is 0 Å². The summed E-state index contributed by atoms with van der Waals surface area (Å²) in [6.07, 6.45) is 4.50. The van der Waals surface area contributed by atoms with Crippen LogP contribution in [0.5, 0.6) is 0 Å². The molecule has 0 aliphatic rings. The Hall–Kier alpha value is -1.62. The monoisotopic (exact) mass is 263 g/mol. The second-order valence-electron chi connectivity index (χ2n) is 4.32. The van der Waals surface area contributed by atoms with Crippen molar-refractivity contribution in [1.29, 1.82) is 0 Å². The van der Waals surface area contributed by atoms with Gasteiger partial charge in [0.1, 0.15) is 9.71 Å². The Balaban J connectivity index is 2.31. The number of nitrogens with two attached hydrogens (primary N) is 2. The van der Waals surface area contributed by atoms with Gasteiger partial charge in [-0.05, 0) is 25.0 Å². The second-order valence-corrected chi connectivity index (χ2v) is 5.32. The van der Waals surface area contributed by atoms with Gasteiger partial charge in [-0.25, -0.2) is 4.98 Å². The molecule has 4 N–H and O–H groups in total. The summed E-state index contributed by atoms with van der Waals surface area (Å²) in [5.74, 6) is -0.483. The highest BCUT2D eigenvalue weighted by Gasteiger charge is 2.14. The number of unbranched alkanes of at least 4 members (excludes halogenated alkanes) is 2. The summed E-state index contributed by atoms with van der Waals surface area (Å²) in [7, 11) is 0. The number of fused-ring (bicyclic) bond motifs is 1. The summed E-state index contributed by atoms with van der Waals surface area (Å²) in [5, 5.41) is 0.827. The van der Waals surface area contributed by atoms with Gasteiger partial charge in [-0.15, -0.1) is 11.3 Å². The lowest BCUT2D eigenvalue weighted by Crippen LogP contribution is -2.10. The second kappa shape index (κ2) is 5.35. The van der Waals surface area contributed by atoms with Crippen LogP contribution in [0.2, 0.25) is 0 Å². The number of carbonyl (C=O) groups is 1.